The first-order valence-corrected chi connectivity index (χ1v) is 9.67. The van der Waals surface area contributed by atoms with E-state index in [4.69, 9.17) is 4.74 Å². The lowest BCUT2D eigenvalue weighted by Gasteiger charge is -2.31. The molecule has 1 aromatic carbocycles. The van der Waals surface area contributed by atoms with Gasteiger partial charge < -0.3 is 19.5 Å². The van der Waals surface area contributed by atoms with Crippen LogP contribution in [0.4, 0.5) is 5.69 Å². The van der Waals surface area contributed by atoms with E-state index < -0.39 is 17.6 Å². The molecule has 1 heterocycles. The number of benzene rings is 1. The standard InChI is InChI=1S/C22H29N3O4/c1-14(2)25(15(3)4)21(27)17-12-19(22(28)24(6)13-17)23-20(26)16(5)29-18-10-8-7-9-11-18/h7-16H,1-6H3,(H,23,26). The third kappa shape index (κ3) is 5.47. The Labute approximate surface area is 171 Å². The van der Waals surface area contributed by atoms with Gasteiger partial charge in [0, 0.05) is 25.3 Å². The Balaban J connectivity index is 2.25. The number of carbonyl (C=O) groups is 2. The lowest BCUT2D eigenvalue weighted by molar-refractivity contribution is -0.122. The van der Waals surface area contributed by atoms with Crippen LogP contribution in [0.15, 0.2) is 47.4 Å². The molecule has 2 aromatic rings. The predicted octanol–water partition coefficient (Wildman–Crippen LogP) is 3.05. The van der Waals surface area contributed by atoms with Crippen molar-refractivity contribution < 1.29 is 14.3 Å². The number of pyridine rings is 1. The average molecular weight is 399 g/mol. The van der Waals surface area contributed by atoms with E-state index in [0.717, 1.165) is 0 Å². The zero-order valence-electron chi connectivity index (χ0n) is 17.8. The highest BCUT2D eigenvalue weighted by Gasteiger charge is 2.24. The van der Waals surface area contributed by atoms with Crippen molar-refractivity contribution in [1.82, 2.24) is 9.47 Å². The highest BCUT2D eigenvalue weighted by Crippen LogP contribution is 2.15. The smallest absolute Gasteiger partial charge is 0.274 e. The number of aromatic nitrogens is 1. The van der Waals surface area contributed by atoms with Gasteiger partial charge in [-0.1, -0.05) is 18.2 Å². The minimum absolute atomic E-state index is 0.00271. The van der Waals surface area contributed by atoms with Gasteiger partial charge in [-0.05, 0) is 52.8 Å². The van der Waals surface area contributed by atoms with Crippen LogP contribution in [-0.4, -0.2) is 39.5 Å². The van der Waals surface area contributed by atoms with Gasteiger partial charge in [-0.2, -0.15) is 0 Å². The number of carbonyl (C=O) groups excluding carboxylic acids is 2. The summed E-state index contributed by atoms with van der Waals surface area (Å²) in [6.07, 6.45) is 0.673. The van der Waals surface area contributed by atoms with Gasteiger partial charge in [0.1, 0.15) is 11.4 Å². The maximum Gasteiger partial charge on any atom is 0.274 e. The second kappa shape index (κ2) is 9.41. The molecule has 2 amide bonds. The number of rotatable bonds is 7. The Morgan fingerprint density at radius 3 is 2.17 bits per heavy atom. The molecule has 0 aliphatic heterocycles. The first-order chi connectivity index (χ1) is 13.6. The van der Waals surface area contributed by atoms with Crippen molar-refractivity contribution in [2.75, 3.05) is 5.32 Å². The van der Waals surface area contributed by atoms with Crippen LogP contribution >= 0.6 is 0 Å². The summed E-state index contributed by atoms with van der Waals surface area (Å²) in [5.41, 5.74) is -0.0248. The molecular weight excluding hydrogens is 370 g/mol. The van der Waals surface area contributed by atoms with E-state index in [1.54, 1.807) is 43.1 Å². The van der Waals surface area contributed by atoms with Gasteiger partial charge in [0.2, 0.25) is 0 Å². The van der Waals surface area contributed by atoms with Crippen LogP contribution in [0.25, 0.3) is 0 Å². The summed E-state index contributed by atoms with van der Waals surface area (Å²) in [5, 5.41) is 2.60. The first kappa shape index (κ1) is 22.2. The van der Waals surface area contributed by atoms with Crippen molar-refractivity contribution in [3.8, 4) is 5.75 Å². The number of hydrogen-bond acceptors (Lipinski definition) is 4. The predicted molar refractivity (Wildman–Crippen MR) is 113 cm³/mol. The molecule has 7 nitrogen and oxygen atoms in total. The number of nitrogens with one attached hydrogen (secondary N) is 1. The molecule has 1 aromatic heterocycles. The van der Waals surface area contributed by atoms with E-state index in [0.29, 0.717) is 11.3 Å². The van der Waals surface area contributed by atoms with E-state index in [-0.39, 0.29) is 23.7 Å². The summed E-state index contributed by atoms with van der Waals surface area (Å²) >= 11 is 0. The van der Waals surface area contributed by atoms with Crippen molar-refractivity contribution in [3.05, 3.63) is 58.5 Å². The Morgan fingerprint density at radius 1 is 1.03 bits per heavy atom. The summed E-state index contributed by atoms with van der Waals surface area (Å²) in [4.78, 5) is 39.7. The summed E-state index contributed by atoms with van der Waals surface area (Å²) in [5.74, 6) is -0.119. The van der Waals surface area contributed by atoms with Crippen LogP contribution in [0.5, 0.6) is 5.75 Å². The average Bonchev–Trinajstić information content (AvgIpc) is 2.65. The lowest BCUT2D eigenvalue weighted by atomic mass is 10.1. The topological polar surface area (TPSA) is 80.6 Å². The Bertz CT molecular complexity index is 911. The Kier molecular flexibility index (Phi) is 7.20. The zero-order valence-corrected chi connectivity index (χ0v) is 17.8. The van der Waals surface area contributed by atoms with Crippen LogP contribution < -0.4 is 15.6 Å². The maximum atomic E-state index is 13.0. The fourth-order valence-electron chi connectivity index (χ4n) is 3.12. The second-order valence-electron chi connectivity index (χ2n) is 7.52. The number of amides is 2. The van der Waals surface area contributed by atoms with Gasteiger partial charge in [0.25, 0.3) is 17.4 Å². The second-order valence-corrected chi connectivity index (χ2v) is 7.52. The molecular formula is C22H29N3O4. The monoisotopic (exact) mass is 399 g/mol. The molecule has 29 heavy (non-hydrogen) atoms. The van der Waals surface area contributed by atoms with Crippen LogP contribution in [0, 0.1) is 0 Å². The van der Waals surface area contributed by atoms with Gasteiger partial charge >= 0.3 is 0 Å². The fraction of sp³-hybridized carbons (Fsp3) is 0.409. The van der Waals surface area contributed by atoms with Crippen molar-refractivity contribution in [1.29, 1.82) is 0 Å². The third-order valence-corrected chi connectivity index (χ3v) is 4.46. The zero-order chi connectivity index (χ0) is 21.7. The molecule has 0 aliphatic carbocycles. The number of nitrogens with zero attached hydrogens (tertiary/aromatic N) is 2. The van der Waals surface area contributed by atoms with Crippen molar-refractivity contribution in [2.24, 2.45) is 7.05 Å². The van der Waals surface area contributed by atoms with Gasteiger partial charge in [-0.3, -0.25) is 14.4 Å². The van der Waals surface area contributed by atoms with Gasteiger partial charge in [0.15, 0.2) is 6.10 Å². The first-order valence-electron chi connectivity index (χ1n) is 9.67. The summed E-state index contributed by atoms with van der Waals surface area (Å²) in [7, 11) is 1.55. The Hall–Kier alpha value is -3.09. The molecule has 2 rings (SSSR count). The molecule has 0 saturated heterocycles. The lowest BCUT2D eigenvalue weighted by Crippen LogP contribution is -2.42. The van der Waals surface area contributed by atoms with E-state index >= 15 is 0 Å². The molecule has 1 atom stereocenters. The van der Waals surface area contributed by atoms with Gasteiger partial charge in [0.05, 0.1) is 5.56 Å². The largest absolute Gasteiger partial charge is 0.481 e. The summed E-state index contributed by atoms with van der Waals surface area (Å²) in [6.45, 7) is 9.34. The van der Waals surface area contributed by atoms with Gasteiger partial charge in [-0.25, -0.2) is 0 Å². The van der Waals surface area contributed by atoms with Crippen LogP contribution in [0.1, 0.15) is 45.0 Å². The van der Waals surface area contributed by atoms with E-state index in [1.807, 2.05) is 33.8 Å². The van der Waals surface area contributed by atoms with Crippen molar-refractivity contribution in [3.63, 3.8) is 0 Å². The normalized spacial score (nSPS) is 12.0. The SMILES string of the molecule is CC(Oc1ccccc1)C(=O)Nc1cc(C(=O)N(C(C)C)C(C)C)cn(C)c1=O. The molecule has 1 unspecified atom stereocenters. The number of para-hydroxylation sites is 1. The van der Waals surface area contributed by atoms with E-state index in [1.165, 1.54) is 16.8 Å². The molecule has 0 saturated carbocycles. The molecule has 0 radical (unpaired) electrons. The highest BCUT2D eigenvalue weighted by molar-refractivity contribution is 5.98. The fourth-order valence-corrected chi connectivity index (χ4v) is 3.12. The molecule has 1 N–H and O–H groups in total. The molecule has 156 valence electrons. The number of ether oxygens (including phenoxy) is 1. The summed E-state index contributed by atoms with van der Waals surface area (Å²) < 4.78 is 6.90. The van der Waals surface area contributed by atoms with Crippen LogP contribution in [0.3, 0.4) is 0 Å². The molecule has 7 heteroatoms. The highest BCUT2D eigenvalue weighted by atomic mass is 16.5. The maximum absolute atomic E-state index is 13.0. The van der Waals surface area contributed by atoms with Crippen LogP contribution in [0.2, 0.25) is 0 Å². The molecule has 0 aliphatic rings. The minimum Gasteiger partial charge on any atom is -0.481 e. The number of hydrogen-bond donors (Lipinski definition) is 1. The quantitative estimate of drug-likeness (QED) is 0.776. The Morgan fingerprint density at radius 2 is 1.62 bits per heavy atom. The molecule has 0 fully saturated rings. The van der Waals surface area contributed by atoms with E-state index in [9.17, 15) is 14.4 Å². The van der Waals surface area contributed by atoms with Crippen LogP contribution in [-0.2, 0) is 11.8 Å². The number of aryl methyl sites for hydroxylation is 1. The van der Waals surface area contributed by atoms with E-state index in [2.05, 4.69) is 5.32 Å². The molecule has 0 spiro atoms. The van der Waals surface area contributed by atoms with Crippen molar-refractivity contribution in [2.45, 2.75) is 52.8 Å². The number of anilines is 1. The molecule has 0 bridgehead atoms. The van der Waals surface area contributed by atoms with Gasteiger partial charge in [-0.15, -0.1) is 0 Å². The summed E-state index contributed by atoms with van der Waals surface area (Å²) in [6, 6.07) is 10.4. The minimum atomic E-state index is -0.815. The van der Waals surface area contributed by atoms with Crippen molar-refractivity contribution >= 4 is 17.5 Å². The third-order valence-electron chi connectivity index (χ3n) is 4.46.